The molecule has 1 amide bonds. The number of carbonyl (C=O) groups is 2. The lowest BCUT2D eigenvalue weighted by Gasteiger charge is -2.11. The van der Waals surface area contributed by atoms with Crippen molar-refractivity contribution in [2.75, 3.05) is 19.5 Å². The van der Waals surface area contributed by atoms with Gasteiger partial charge in [-0.3, -0.25) is 4.79 Å². The zero-order valence-corrected chi connectivity index (χ0v) is 16.0. The SMILES string of the molecule is COC(=O)c1cc(OC)ccc1NC(=O)/C=C(/C)c1ccc2ccccc2c1. The second-order valence-electron chi connectivity index (χ2n) is 6.28. The molecule has 3 rings (SSSR count). The van der Waals surface area contributed by atoms with Gasteiger partial charge in [-0.2, -0.15) is 0 Å². The van der Waals surface area contributed by atoms with Crippen LogP contribution in [-0.4, -0.2) is 26.1 Å². The summed E-state index contributed by atoms with van der Waals surface area (Å²) in [5.74, 6) is -0.383. The van der Waals surface area contributed by atoms with Crippen LogP contribution < -0.4 is 10.1 Å². The zero-order chi connectivity index (χ0) is 20.1. The van der Waals surface area contributed by atoms with E-state index in [4.69, 9.17) is 9.47 Å². The standard InChI is InChI=1S/C23H21NO4/c1-15(17-9-8-16-6-4-5-7-18(16)13-17)12-22(25)24-21-11-10-19(27-2)14-20(21)23(26)28-3/h4-14H,1-3H3,(H,24,25)/b15-12-. The Morgan fingerprint density at radius 2 is 1.68 bits per heavy atom. The Morgan fingerprint density at radius 1 is 0.929 bits per heavy atom. The van der Waals surface area contributed by atoms with Gasteiger partial charge >= 0.3 is 5.97 Å². The van der Waals surface area contributed by atoms with Crippen LogP contribution in [-0.2, 0) is 9.53 Å². The van der Waals surface area contributed by atoms with Gasteiger partial charge in [0, 0.05) is 6.08 Å². The average molecular weight is 375 g/mol. The third kappa shape index (κ3) is 4.20. The summed E-state index contributed by atoms with van der Waals surface area (Å²) in [5, 5.41) is 4.99. The van der Waals surface area contributed by atoms with Crippen LogP contribution >= 0.6 is 0 Å². The van der Waals surface area contributed by atoms with Gasteiger partial charge in [-0.05, 0) is 53.1 Å². The molecule has 0 heterocycles. The molecule has 0 atom stereocenters. The Kier molecular flexibility index (Phi) is 5.75. The summed E-state index contributed by atoms with van der Waals surface area (Å²) in [7, 11) is 2.79. The highest BCUT2D eigenvalue weighted by Crippen LogP contribution is 2.24. The lowest BCUT2D eigenvalue weighted by molar-refractivity contribution is -0.111. The van der Waals surface area contributed by atoms with E-state index in [9.17, 15) is 9.59 Å². The fourth-order valence-corrected chi connectivity index (χ4v) is 2.92. The van der Waals surface area contributed by atoms with E-state index >= 15 is 0 Å². The van der Waals surface area contributed by atoms with Crippen molar-refractivity contribution in [3.63, 3.8) is 0 Å². The zero-order valence-electron chi connectivity index (χ0n) is 16.0. The summed E-state index contributed by atoms with van der Waals surface area (Å²) >= 11 is 0. The number of hydrogen-bond acceptors (Lipinski definition) is 4. The molecule has 0 saturated heterocycles. The number of anilines is 1. The first-order chi connectivity index (χ1) is 13.5. The number of carbonyl (C=O) groups excluding carboxylic acids is 2. The fourth-order valence-electron chi connectivity index (χ4n) is 2.92. The number of benzene rings is 3. The van der Waals surface area contributed by atoms with Gasteiger partial charge in [0.05, 0.1) is 25.5 Å². The molecule has 5 heteroatoms. The second-order valence-corrected chi connectivity index (χ2v) is 6.28. The lowest BCUT2D eigenvalue weighted by atomic mass is 10.0. The summed E-state index contributed by atoms with van der Waals surface area (Å²) < 4.78 is 9.92. The molecule has 0 aromatic heterocycles. The second kappa shape index (κ2) is 8.39. The molecule has 28 heavy (non-hydrogen) atoms. The van der Waals surface area contributed by atoms with Crippen LogP contribution in [0.1, 0.15) is 22.8 Å². The topological polar surface area (TPSA) is 64.6 Å². The van der Waals surface area contributed by atoms with Crippen molar-refractivity contribution in [2.45, 2.75) is 6.92 Å². The van der Waals surface area contributed by atoms with Gasteiger partial charge in [0.2, 0.25) is 5.91 Å². The maximum absolute atomic E-state index is 12.5. The number of rotatable bonds is 5. The van der Waals surface area contributed by atoms with E-state index < -0.39 is 5.97 Å². The summed E-state index contributed by atoms with van der Waals surface area (Å²) in [6.45, 7) is 1.87. The van der Waals surface area contributed by atoms with Crippen molar-refractivity contribution in [1.29, 1.82) is 0 Å². The number of allylic oxidation sites excluding steroid dienone is 1. The van der Waals surface area contributed by atoms with Crippen LogP contribution in [0, 0.1) is 0 Å². The van der Waals surface area contributed by atoms with Crippen LogP contribution in [0.3, 0.4) is 0 Å². The molecular formula is C23H21NO4. The van der Waals surface area contributed by atoms with Gasteiger partial charge < -0.3 is 14.8 Å². The number of amides is 1. The average Bonchev–Trinajstić information content (AvgIpc) is 2.72. The first-order valence-electron chi connectivity index (χ1n) is 8.76. The minimum atomic E-state index is -0.551. The smallest absolute Gasteiger partial charge is 0.340 e. The molecule has 0 aliphatic heterocycles. The van der Waals surface area contributed by atoms with Gasteiger partial charge in [0.15, 0.2) is 0 Å². The molecule has 0 bridgehead atoms. The first-order valence-corrected chi connectivity index (χ1v) is 8.76. The van der Waals surface area contributed by atoms with Crippen molar-refractivity contribution in [3.05, 3.63) is 77.9 Å². The number of hydrogen-bond donors (Lipinski definition) is 1. The number of fused-ring (bicyclic) bond motifs is 1. The molecule has 142 valence electrons. The highest BCUT2D eigenvalue weighted by molar-refractivity contribution is 6.08. The van der Waals surface area contributed by atoms with E-state index in [2.05, 4.69) is 5.32 Å². The molecule has 0 radical (unpaired) electrons. The van der Waals surface area contributed by atoms with E-state index in [0.29, 0.717) is 11.4 Å². The monoisotopic (exact) mass is 375 g/mol. The van der Waals surface area contributed by atoms with E-state index in [-0.39, 0.29) is 11.5 Å². The van der Waals surface area contributed by atoms with Crippen LogP contribution in [0.2, 0.25) is 0 Å². The van der Waals surface area contributed by atoms with Crippen LogP contribution in [0.4, 0.5) is 5.69 Å². The number of esters is 1. The maximum atomic E-state index is 12.5. The van der Waals surface area contributed by atoms with Crippen LogP contribution in [0.15, 0.2) is 66.7 Å². The fraction of sp³-hybridized carbons (Fsp3) is 0.130. The quantitative estimate of drug-likeness (QED) is 0.520. The molecule has 5 nitrogen and oxygen atoms in total. The summed E-state index contributed by atoms with van der Waals surface area (Å²) in [5.41, 5.74) is 2.36. The molecule has 1 N–H and O–H groups in total. The molecule has 0 aliphatic carbocycles. The largest absolute Gasteiger partial charge is 0.497 e. The predicted octanol–water partition coefficient (Wildman–Crippen LogP) is 4.68. The van der Waals surface area contributed by atoms with Gasteiger partial charge in [0.25, 0.3) is 0 Å². The predicted molar refractivity (Wildman–Crippen MR) is 111 cm³/mol. The van der Waals surface area contributed by atoms with Crippen LogP contribution in [0.5, 0.6) is 5.75 Å². The van der Waals surface area contributed by atoms with Crippen molar-refractivity contribution in [1.82, 2.24) is 0 Å². The Hall–Kier alpha value is -3.60. The maximum Gasteiger partial charge on any atom is 0.340 e. The normalized spacial score (nSPS) is 11.2. The molecule has 0 fully saturated rings. The van der Waals surface area contributed by atoms with E-state index in [1.807, 2.05) is 49.4 Å². The van der Waals surface area contributed by atoms with Gasteiger partial charge in [-0.1, -0.05) is 36.4 Å². The van der Waals surface area contributed by atoms with Crippen molar-refractivity contribution in [3.8, 4) is 5.75 Å². The Balaban J connectivity index is 1.85. The third-order valence-electron chi connectivity index (χ3n) is 4.44. The third-order valence-corrected chi connectivity index (χ3v) is 4.44. The summed E-state index contributed by atoms with van der Waals surface area (Å²) in [4.78, 5) is 24.5. The minimum Gasteiger partial charge on any atom is -0.497 e. The van der Waals surface area contributed by atoms with Gasteiger partial charge in [-0.15, -0.1) is 0 Å². The highest BCUT2D eigenvalue weighted by atomic mass is 16.5. The molecule has 0 aliphatic rings. The van der Waals surface area contributed by atoms with Crippen molar-refractivity contribution in [2.24, 2.45) is 0 Å². The molecule has 0 spiro atoms. The van der Waals surface area contributed by atoms with Gasteiger partial charge in [0.1, 0.15) is 5.75 Å². The Morgan fingerprint density at radius 3 is 2.39 bits per heavy atom. The van der Waals surface area contributed by atoms with E-state index in [1.54, 1.807) is 12.1 Å². The number of methoxy groups -OCH3 is 2. The molecule has 0 saturated carbocycles. The lowest BCUT2D eigenvalue weighted by Crippen LogP contribution is -2.13. The van der Waals surface area contributed by atoms with Crippen LogP contribution in [0.25, 0.3) is 16.3 Å². The first kappa shape index (κ1) is 19.2. The highest BCUT2D eigenvalue weighted by Gasteiger charge is 2.15. The summed E-state index contributed by atoms with van der Waals surface area (Å²) in [6, 6.07) is 18.9. The molecule has 0 unspecified atom stereocenters. The minimum absolute atomic E-state index is 0.229. The number of nitrogens with one attached hydrogen (secondary N) is 1. The number of ether oxygens (including phenoxy) is 2. The Bertz CT molecular complexity index is 1070. The van der Waals surface area contributed by atoms with E-state index in [1.165, 1.54) is 26.4 Å². The van der Waals surface area contributed by atoms with Crippen molar-refractivity contribution >= 4 is 33.9 Å². The summed E-state index contributed by atoms with van der Waals surface area (Å²) in [6.07, 6.45) is 1.51. The molecule has 3 aromatic rings. The molecule has 3 aromatic carbocycles. The van der Waals surface area contributed by atoms with E-state index in [0.717, 1.165) is 21.9 Å². The van der Waals surface area contributed by atoms with Gasteiger partial charge in [-0.25, -0.2) is 4.79 Å². The van der Waals surface area contributed by atoms with Crippen molar-refractivity contribution < 1.29 is 19.1 Å². The molecular weight excluding hydrogens is 354 g/mol. The Labute approximate surface area is 163 Å².